The molecular formula is C11H23NO2. The molecule has 1 rings (SSSR count). The van der Waals surface area contributed by atoms with Crippen LogP contribution in [0.15, 0.2) is 0 Å². The van der Waals surface area contributed by atoms with E-state index in [1.807, 2.05) is 0 Å². The molecule has 1 N–H and O–H groups in total. The average Bonchev–Trinajstić information content (AvgIpc) is 2.13. The van der Waals surface area contributed by atoms with Crippen molar-refractivity contribution in [2.24, 2.45) is 5.92 Å². The van der Waals surface area contributed by atoms with E-state index < -0.39 is 0 Å². The Morgan fingerprint density at radius 1 is 1.14 bits per heavy atom. The summed E-state index contributed by atoms with van der Waals surface area (Å²) in [5.74, 6) is 0.969. The second-order valence-electron chi connectivity index (χ2n) is 3.94. The molecule has 0 radical (unpaired) electrons. The van der Waals surface area contributed by atoms with E-state index in [-0.39, 0.29) is 0 Å². The first-order valence-electron chi connectivity index (χ1n) is 5.71. The molecule has 0 saturated heterocycles. The lowest BCUT2D eigenvalue weighted by atomic mass is 9.83. The summed E-state index contributed by atoms with van der Waals surface area (Å²) in [6.45, 7) is 4.41. The molecule has 0 atom stereocenters. The van der Waals surface area contributed by atoms with Crippen molar-refractivity contribution >= 4 is 0 Å². The average molecular weight is 201 g/mol. The lowest BCUT2D eigenvalue weighted by Crippen LogP contribution is -2.24. The summed E-state index contributed by atoms with van der Waals surface area (Å²) in [6.07, 6.45) is 5.55. The molecule has 0 aromatic rings. The zero-order valence-electron chi connectivity index (χ0n) is 9.26. The van der Waals surface area contributed by atoms with E-state index in [1.165, 1.54) is 25.7 Å². The van der Waals surface area contributed by atoms with E-state index in [4.69, 9.17) is 9.47 Å². The topological polar surface area (TPSA) is 30.5 Å². The van der Waals surface area contributed by atoms with Gasteiger partial charge in [0.05, 0.1) is 13.2 Å². The van der Waals surface area contributed by atoms with Gasteiger partial charge in [-0.2, -0.15) is 0 Å². The van der Waals surface area contributed by atoms with Gasteiger partial charge in [0.2, 0.25) is 0 Å². The predicted octanol–water partition coefficient (Wildman–Crippen LogP) is 1.43. The third-order valence-corrected chi connectivity index (χ3v) is 2.80. The van der Waals surface area contributed by atoms with Crippen LogP contribution in [0.5, 0.6) is 0 Å². The number of methoxy groups -OCH3 is 1. The molecule has 0 aromatic heterocycles. The Morgan fingerprint density at radius 2 is 1.93 bits per heavy atom. The summed E-state index contributed by atoms with van der Waals surface area (Å²) >= 11 is 0. The van der Waals surface area contributed by atoms with Gasteiger partial charge in [0.1, 0.15) is 0 Å². The van der Waals surface area contributed by atoms with Gasteiger partial charge >= 0.3 is 0 Å². The van der Waals surface area contributed by atoms with Gasteiger partial charge in [0, 0.05) is 26.8 Å². The predicted molar refractivity (Wildman–Crippen MR) is 57.5 cm³/mol. The summed E-state index contributed by atoms with van der Waals surface area (Å²) in [4.78, 5) is 0. The Kier molecular flexibility index (Phi) is 7.01. The van der Waals surface area contributed by atoms with Gasteiger partial charge in [0.15, 0.2) is 0 Å². The van der Waals surface area contributed by atoms with Gasteiger partial charge in [-0.1, -0.05) is 19.3 Å². The van der Waals surface area contributed by atoms with Crippen molar-refractivity contribution < 1.29 is 9.47 Å². The quantitative estimate of drug-likeness (QED) is 0.572. The molecule has 1 aliphatic rings. The third kappa shape index (κ3) is 5.58. The summed E-state index contributed by atoms with van der Waals surface area (Å²) < 4.78 is 10.4. The maximum absolute atomic E-state index is 5.52. The lowest BCUT2D eigenvalue weighted by molar-refractivity contribution is 0.106. The van der Waals surface area contributed by atoms with Crippen LogP contribution in [0.4, 0.5) is 0 Å². The summed E-state index contributed by atoms with van der Waals surface area (Å²) in [7, 11) is 1.72. The van der Waals surface area contributed by atoms with Crippen molar-refractivity contribution in [2.45, 2.75) is 25.7 Å². The van der Waals surface area contributed by atoms with Crippen LogP contribution in [0, 0.1) is 5.92 Å². The number of rotatable bonds is 9. The number of hydrogen-bond donors (Lipinski definition) is 1. The first kappa shape index (κ1) is 12.0. The van der Waals surface area contributed by atoms with Gasteiger partial charge < -0.3 is 14.8 Å². The van der Waals surface area contributed by atoms with E-state index in [1.54, 1.807) is 7.11 Å². The largest absolute Gasteiger partial charge is 0.383 e. The first-order valence-corrected chi connectivity index (χ1v) is 5.71. The van der Waals surface area contributed by atoms with Crippen LogP contribution in [-0.2, 0) is 9.47 Å². The number of ether oxygens (including phenoxy) is 2. The van der Waals surface area contributed by atoms with Gasteiger partial charge in [-0.15, -0.1) is 0 Å². The molecule has 0 unspecified atom stereocenters. The fraction of sp³-hybridized carbons (Fsp3) is 1.00. The van der Waals surface area contributed by atoms with Crippen LogP contribution in [-0.4, -0.2) is 40.0 Å². The highest BCUT2D eigenvalue weighted by Crippen LogP contribution is 2.28. The molecule has 0 heterocycles. The SMILES string of the molecule is COCCNCCOCCC1CCC1. The van der Waals surface area contributed by atoms with Crippen LogP contribution in [0.25, 0.3) is 0 Å². The second-order valence-corrected chi connectivity index (χ2v) is 3.94. The van der Waals surface area contributed by atoms with Crippen LogP contribution >= 0.6 is 0 Å². The fourth-order valence-corrected chi connectivity index (χ4v) is 1.58. The van der Waals surface area contributed by atoms with E-state index in [2.05, 4.69) is 5.32 Å². The summed E-state index contributed by atoms with van der Waals surface area (Å²) in [6, 6.07) is 0. The molecule has 0 bridgehead atoms. The van der Waals surface area contributed by atoms with Crippen LogP contribution in [0.2, 0.25) is 0 Å². The monoisotopic (exact) mass is 201 g/mol. The highest BCUT2D eigenvalue weighted by atomic mass is 16.5. The molecular weight excluding hydrogens is 178 g/mol. The number of nitrogens with one attached hydrogen (secondary N) is 1. The minimum absolute atomic E-state index is 0.780. The zero-order valence-corrected chi connectivity index (χ0v) is 9.26. The molecule has 14 heavy (non-hydrogen) atoms. The van der Waals surface area contributed by atoms with Crippen molar-refractivity contribution in [3.8, 4) is 0 Å². The van der Waals surface area contributed by atoms with Crippen molar-refractivity contribution in [3.05, 3.63) is 0 Å². The Balaban J connectivity index is 1.67. The molecule has 1 fully saturated rings. The molecule has 1 aliphatic carbocycles. The van der Waals surface area contributed by atoms with Crippen LogP contribution in [0.1, 0.15) is 25.7 Å². The Labute approximate surface area is 87.2 Å². The van der Waals surface area contributed by atoms with E-state index in [0.29, 0.717) is 0 Å². The Bertz CT molecular complexity index is 126. The van der Waals surface area contributed by atoms with Crippen LogP contribution < -0.4 is 5.32 Å². The lowest BCUT2D eigenvalue weighted by Gasteiger charge is -2.24. The van der Waals surface area contributed by atoms with Crippen molar-refractivity contribution in [2.75, 3.05) is 40.0 Å². The standard InChI is InChI=1S/C11H23NO2/c1-13-9-6-12-7-10-14-8-5-11-3-2-4-11/h11-12H,2-10H2,1H3. The fourth-order valence-electron chi connectivity index (χ4n) is 1.58. The van der Waals surface area contributed by atoms with E-state index in [9.17, 15) is 0 Å². The van der Waals surface area contributed by atoms with Gasteiger partial charge in [-0.25, -0.2) is 0 Å². The molecule has 1 saturated carbocycles. The van der Waals surface area contributed by atoms with Gasteiger partial charge in [0.25, 0.3) is 0 Å². The molecule has 3 nitrogen and oxygen atoms in total. The number of hydrogen-bond acceptors (Lipinski definition) is 3. The molecule has 0 amide bonds. The maximum Gasteiger partial charge on any atom is 0.0590 e. The minimum Gasteiger partial charge on any atom is -0.383 e. The smallest absolute Gasteiger partial charge is 0.0590 e. The Morgan fingerprint density at radius 3 is 2.57 bits per heavy atom. The first-order chi connectivity index (χ1) is 6.93. The minimum atomic E-state index is 0.780. The third-order valence-electron chi connectivity index (χ3n) is 2.80. The summed E-state index contributed by atoms with van der Waals surface area (Å²) in [5, 5.41) is 3.25. The molecule has 84 valence electrons. The highest BCUT2D eigenvalue weighted by molar-refractivity contribution is 4.68. The van der Waals surface area contributed by atoms with Crippen molar-refractivity contribution in [3.63, 3.8) is 0 Å². The zero-order chi connectivity index (χ0) is 10.1. The van der Waals surface area contributed by atoms with Crippen molar-refractivity contribution in [1.82, 2.24) is 5.32 Å². The van der Waals surface area contributed by atoms with Crippen molar-refractivity contribution in [1.29, 1.82) is 0 Å². The molecule has 0 spiro atoms. The maximum atomic E-state index is 5.52. The Hall–Kier alpha value is -0.120. The molecule has 0 aromatic carbocycles. The van der Waals surface area contributed by atoms with Gasteiger partial charge in [-0.3, -0.25) is 0 Å². The second kappa shape index (κ2) is 8.21. The van der Waals surface area contributed by atoms with E-state index in [0.717, 1.165) is 38.8 Å². The van der Waals surface area contributed by atoms with Gasteiger partial charge in [-0.05, 0) is 12.3 Å². The normalized spacial score (nSPS) is 16.9. The summed E-state index contributed by atoms with van der Waals surface area (Å²) in [5.41, 5.74) is 0. The van der Waals surface area contributed by atoms with E-state index >= 15 is 0 Å². The highest BCUT2D eigenvalue weighted by Gasteiger charge is 2.16. The van der Waals surface area contributed by atoms with Crippen LogP contribution in [0.3, 0.4) is 0 Å². The molecule has 3 heteroatoms. The molecule has 0 aliphatic heterocycles.